The van der Waals surface area contributed by atoms with Crippen molar-refractivity contribution >= 4 is 41.1 Å². The van der Waals surface area contributed by atoms with Gasteiger partial charge in [-0.3, -0.25) is 23.9 Å². The second-order valence-corrected chi connectivity index (χ2v) is 17.2. The van der Waals surface area contributed by atoms with E-state index in [1.807, 2.05) is 44.2 Å². The van der Waals surface area contributed by atoms with E-state index < -0.39 is 24.2 Å². The molecule has 306 valence electrons. The van der Waals surface area contributed by atoms with E-state index in [0.29, 0.717) is 28.9 Å². The summed E-state index contributed by atoms with van der Waals surface area (Å²) in [6, 6.07) is 21.0. The number of fused-ring (bicyclic) bond motifs is 4. The molecule has 1 aromatic heterocycles. The van der Waals surface area contributed by atoms with E-state index in [9.17, 15) is 24.0 Å². The van der Waals surface area contributed by atoms with Gasteiger partial charge in [0.25, 0.3) is 5.91 Å². The zero-order valence-electron chi connectivity index (χ0n) is 33.6. The summed E-state index contributed by atoms with van der Waals surface area (Å²) in [5.74, 6) is -0.592. The Labute approximate surface area is 343 Å². The number of aromatic nitrogens is 2. The first-order valence-corrected chi connectivity index (χ1v) is 21.0. The van der Waals surface area contributed by atoms with Crippen molar-refractivity contribution in [2.45, 2.75) is 88.9 Å². The van der Waals surface area contributed by atoms with Crippen molar-refractivity contribution in [3.63, 3.8) is 0 Å². The Balaban J connectivity index is 0.879. The third-order valence-corrected chi connectivity index (χ3v) is 12.8. The lowest BCUT2D eigenvalue weighted by atomic mass is 9.88. The summed E-state index contributed by atoms with van der Waals surface area (Å²) < 4.78 is 7.44. The number of carbonyl (C=O) groups excluding carboxylic acids is 5. The van der Waals surface area contributed by atoms with Gasteiger partial charge in [-0.15, -0.1) is 0 Å². The molecule has 2 heterocycles. The molecule has 1 unspecified atom stereocenters. The Morgan fingerprint density at radius 2 is 1.44 bits per heavy atom. The molecule has 1 aliphatic heterocycles. The highest BCUT2D eigenvalue weighted by Crippen LogP contribution is 2.51. The standard InChI is InChI=1S/C46H51N7O6/c1-25(2)53-37(20-21-47-53)43(55)50-42(40(26-12-13-26)27-14-15-27)45(57)48-29-18-19-34-36(23-39(54)52(3)38(34)22-29)49-44(56)41(28-16-17-28)51-46(58)59-24-35-32-10-6-4-8-30(32)31-9-5-7-11-33(31)35/h4-11,18-22,25-28,35-36,40-42H,12-17,23-24H2,1-3H3,(H,48,57)(H,49,56)(H,50,55)(H,51,58)/t36?,41-,42+/m1/s1. The van der Waals surface area contributed by atoms with Crippen LogP contribution in [-0.2, 0) is 19.1 Å². The number of amides is 5. The van der Waals surface area contributed by atoms with Gasteiger partial charge in [-0.25, -0.2) is 4.79 Å². The van der Waals surface area contributed by atoms with Crippen molar-refractivity contribution < 1.29 is 28.7 Å². The largest absolute Gasteiger partial charge is 0.449 e. The maximum atomic E-state index is 14.2. The molecule has 4 aliphatic carbocycles. The van der Waals surface area contributed by atoms with Crippen LogP contribution in [0.5, 0.6) is 0 Å². The van der Waals surface area contributed by atoms with E-state index in [1.165, 1.54) is 4.90 Å². The van der Waals surface area contributed by atoms with E-state index in [0.717, 1.165) is 66.3 Å². The number of alkyl carbamates (subject to hydrolysis) is 1. The van der Waals surface area contributed by atoms with Crippen LogP contribution in [0.25, 0.3) is 11.1 Å². The number of hydrogen-bond acceptors (Lipinski definition) is 7. The highest BCUT2D eigenvalue weighted by Gasteiger charge is 2.49. The number of benzene rings is 3. The first-order valence-electron chi connectivity index (χ1n) is 21.0. The molecule has 4 N–H and O–H groups in total. The molecule has 3 atom stereocenters. The molecule has 0 saturated heterocycles. The van der Waals surface area contributed by atoms with Crippen LogP contribution in [0.4, 0.5) is 16.2 Å². The summed E-state index contributed by atoms with van der Waals surface area (Å²) in [5, 5.41) is 16.4. The number of hydrogen-bond donors (Lipinski definition) is 4. The Morgan fingerprint density at radius 3 is 2.07 bits per heavy atom. The van der Waals surface area contributed by atoms with Crippen LogP contribution in [0.2, 0.25) is 0 Å². The van der Waals surface area contributed by atoms with E-state index in [4.69, 9.17) is 4.74 Å². The van der Waals surface area contributed by atoms with Gasteiger partial charge in [-0.1, -0.05) is 54.6 Å². The molecule has 3 fully saturated rings. The number of ether oxygens (including phenoxy) is 1. The number of rotatable bonds is 14. The van der Waals surface area contributed by atoms with E-state index in [2.05, 4.69) is 50.6 Å². The van der Waals surface area contributed by atoms with Crippen molar-refractivity contribution in [1.82, 2.24) is 25.7 Å². The fourth-order valence-electron chi connectivity index (χ4n) is 9.32. The second-order valence-electron chi connectivity index (χ2n) is 17.2. The third kappa shape index (κ3) is 7.82. The Bertz CT molecular complexity index is 2250. The fraction of sp³-hybridized carbons (Fsp3) is 0.435. The van der Waals surface area contributed by atoms with Crippen LogP contribution in [0.15, 0.2) is 79.0 Å². The first-order chi connectivity index (χ1) is 28.5. The van der Waals surface area contributed by atoms with Crippen LogP contribution < -0.4 is 26.2 Å². The highest BCUT2D eigenvalue weighted by atomic mass is 16.5. The highest BCUT2D eigenvalue weighted by molar-refractivity contribution is 6.02. The molecule has 0 bridgehead atoms. The average molecular weight is 798 g/mol. The molecule has 9 rings (SSSR count). The molecule has 13 nitrogen and oxygen atoms in total. The number of carbonyl (C=O) groups is 5. The van der Waals surface area contributed by atoms with E-state index in [-0.39, 0.29) is 60.5 Å². The smallest absolute Gasteiger partial charge is 0.407 e. The molecule has 0 spiro atoms. The Kier molecular flexibility index (Phi) is 10.2. The minimum absolute atomic E-state index is 0.0253. The maximum absolute atomic E-state index is 14.2. The normalized spacial score (nSPS) is 19.4. The zero-order chi connectivity index (χ0) is 40.9. The summed E-state index contributed by atoms with van der Waals surface area (Å²) in [6.07, 6.45) is 6.69. The van der Waals surface area contributed by atoms with Crippen LogP contribution in [0, 0.1) is 23.7 Å². The van der Waals surface area contributed by atoms with Crippen molar-refractivity contribution in [2.24, 2.45) is 23.7 Å². The predicted octanol–water partition coefficient (Wildman–Crippen LogP) is 6.48. The van der Waals surface area contributed by atoms with Crippen molar-refractivity contribution in [3.8, 4) is 11.1 Å². The van der Waals surface area contributed by atoms with Crippen LogP contribution in [0.3, 0.4) is 0 Å². The minimum atomic E-state index is -0.820. The first kappa shape index (κ1) is 38.5. The van der Waals surface area contributed by atoms with E-state index in [1.54, 1.807) is 36.1 Å². The van der Waals surface area contributed by atoms with Gasteiger partial charge in [0.2, 0.25) is 17.7 Å². The van der Waals surface area contributed by atoms with Crippen molar-refractivity contribution in [3.05, 3.63) is 101 Å². The van der Waals surface area contributed by atoms with Crippen molar-refractivity contribution in [2.75, 3.05) is 23.9 Å². The lowest BCUT2D eigenvalue weighted by Gasteiger charge is -2.33. The van der Waals surface area contributed by atoms with Crippen molar-refractivity contribution in [1.29, 1.82) is 0 Å². The molecule has 3 saturated carbocycles. The lowest BCUT2D eigenvalue weighted by molar-refractivity contribution is -0.125. The molecule has 5 amide bonds. The molecule has 13 heteroatoms. The van der Waals surface area contributed by atoms with E-state index >= 15 is 0 Å². The monoisotopic (exact) mass is 797 g/mol. The minimum Gasteiger partial charge on any atom is -0.449 e. The predicted molar refractivity (Wildman–Crippen MR) is 222 cm³/mol. The number of nitrogens with one attached hydrogen (secondary N) is 4. The third-order valence-electron chi connectivity index (χ3n) is 12.8. The Hall–Kier alpha value is -5.98. The van der Waals surface area contributed by atoms with Gasteiger partial charge in [0, 0.05) is 30.9 Å². The summed E-state index contributed by atoms with van der Waals surface area (Å²) in [6.45, 7) is 4.04. The SMILES string of the molecule is CC(C)n1nccc1C(=O)N[C@H](C(=O)Nc1ccc2c(c1)N(C)C(=O)CC2NC(=O)[C@H](NC(=O)OCC1c2ccccc2-c2ccccc21)C1CC1)C(C1CC1)C1CC1. The van der Waals surface area contributed by atoms with Crippen LogP contribution in [-0.4, -0.2) is 65.2 Å². The maximum Gasteiger partial charge on any atom is 0.407 e. The van der Waals surface area contributed by atoms with Gasteiger partial charge in [0.1, 0.15) is 24.4 Å². The summed E-state index contributed by atoms with van der Waals surface area (Å²) in [4.78, 5) is 69.9. The fourth-order valence-corrected chi connectivity index (χ4v) is 9.32. The second kappa shape index (κ2) is 15.6. The van der Waals surface area contributed by atoms with Gasteiger partial charge in [0.05, 0.1) is 18.2 Å². The molecular weight excluding hydrogens is 747 g/mol. The zero-order valence-corrected chi connectivity index (χ0v) is 33.6. The number of nitrogens with zero attached hydrogens (tertiary/aromatic N) is 3. The molecule has 3 aromatic carbocycles. The topological polar surface area (TPSA) is 164 Å². The van der Waals surface area contributed by atoms with Gasteiger partial charge in [0.15, 0.2) is 0 Å². The molecular formula is C46H51N7O6. The summed E-state index contributed by atoms with van der Waals surface area (Å²) in [5.41, 5.74) is 6.62. The van der Waals surface area contributed by atoms with Crippen LogP contribution >= 0.6 is 0 Å². The molecule has 59 heavy (non-hydrogen) atoms. The summed E-state index contributed by atoms with van der Waals surface area (Å²) in [7, 11) is 1.67. The van der Waals surface area contributed by atoms with Gasteiger partial charge in [-0.05, 0) is 122 Å². The molecule has 5 aliphatic rings. The Morgan fingerprint density at radius 1 is 0.797 bits per heavy atom. The van der Waals surface area contributed by atoms with Crippen LogP contribution in [0.1, 0.15) is 104 Å². The average Bonchev–Trinajstić information content (AvgIpc) is 4.15. The molecule has 0 radical (unpaired) electrons. The summed E-state index contributed by atoms with van der Waals surface area (Å²) >= 11 is 0. The van der Waals surface area contributed by atoms with Gasteiger partial charge in [-0.2, -0.15) is 5.10 Å². The van der Waals surface area contributed by atoms with Gasteiger partial charge >= 0.3 is 6.09 Å². The lowest BCUT2D eigenvalue weighted by Crippen LogP contribution is -2.50. The quantitative estimate of drug-likeness (QED) is 0.114. The van der Waals surface area contributed by atoms with Gasteiger partial charge < -0.3 is 30.9 Å². The molecule has 4 aromatic rings. The number of anilines is 2.